The van der Waals surface area contributed by atoms with Crippen molar-refractivity contribution in [2.75, 3.05) is 22.6 Å². The van der Waals surface area contributed by atoms with Crippen LogP contribution in [-0.4, -0.2) is 33.7 Å². The molecule has 0 aliphatic carbocycles. The lowest BCUT2D eigenvalue weighted by Crippen LogP contribution is -2.20. The summed E-state index contributed by atoms with van der Waals surface area (Å²) in [5.74, 6) is 0.595. The van der Waals surface area contributed by atoms with Gasteiger partial charge in [-0.25, -0.2) is 9.78 Å². The van der Waals surface area contributed by atoms with Crippen LogP contribution >= 0.6 is 22.7 Å². The van der Waals surface area contributed by atoms with Gasteiger partial charge in [0.1, 0.15) is 16.1 Å². The largest absolute Gasteiger partial charge is 0.491 e. The number of benzene rings is 1. The van der Waals surface area contributed by atoms with Gasteiger partial charge in [-0.2, -0.15) is 0 Å². The fourth-order valence-electron chi connectivity index (χ4n) is 2.18. The molecule has 29 heavy (non-hydrogen) atoms. The SMILES string of the molecule is Cc1ccc(NC(=O)Nc2ncc(C(=O)Nc3nncs3)s2)c(OCC(C)C)c1. The highest BCUT2D eigenvalue weighted by Gasteiger charge is 2.15. The average Bonchev–Trinajstić information content (AvgIpc) is 3.34. The second kappa shape index (κ2) is 9.43. The molecule has 2 heterocycles. The lowest BCUT2D eigenvalue weighted by atomic mass is 10.2. The summed E-state index contributed by atoms with van der Waals surface area (Å²) in [6.45, 7) is 6.60. The van der Waals surface area contributed by atoms with Crippen molar-refractivity contribution in [1.82, 2.24) is 15.2 Å². The van der Waals surface area contributed by atoms with Crippen LogP contribution in [0.1, 0.15) is 29.1 Å². The summed E-state index contributed by atoms with van der Waals surface area (Å²) in [7, 11) is 0. The Hall–Kier alpha value is -3.05. The summed E-state index contributed by atoms with van der Waals surface area (Å²) in [5.41, 5.74) is 3.10. The molecule has 0 spiro atoms. The quantitative estimate of drug-likeness (QED) is 0.514. The number of nitrogens with zero attached hydrogens (tertiary/aromatic N) is 3. The number of carbonyl (C=O) groups excluding carboxylic acids is 2. The number of nitrogens with one attached hydrogen (secondary N) is 3. The average molecular weight is 433 g/mol. The molecule has 9 nitrogen and oxygen atoms in total. The molecule has 0 radical (unpaired) electrons. The van der Waals surface area contributed by atoms with Crippen LogP contribution in [-0.2, 0) is 0 Å². The number of ether oxygens (including phenoxy) is 1. The number of hydrogen-bond donors (Lipinski definition) is 3. The predicted octanol–water partition coefficient (Wildman–Crippen LogP) is 4.23. The Morgan fingerprint density at radius 2 is 2.00 bits per heavy atom. The first kappa shape index (κ1) is 20.7. The minimum Gasteiger partial charge on any atom is -0.491 e. The van der Waals surface area contributed by atoms with E-state index in [1.165, 1.54) is 23.0 Å². The molecule has 152 valence electrons. The van der Waals surface area contributed by atoms with Crippen molar-refractivity contribution in [3.63, 3.8) is 0 Å². The lowest BCUT2D eigenvalue weighted by molar-refractivity contribution is 0.103. The van der Waals surface area contributed by atoms with E-state index in [9.17, 15) is 9.59 Å². The van der Waals surface area contributed by atoms with Gasteiger partial charge in [0, 0.05) is 0 Å². The number of urea groups is 1. The number of carbonyl (C=O) groups is 2. The van der Waals surface area contributed by atoms with Crippen molar-refractivity contribution >= 4 is 50.6 Å². The smallest absolute Gasteiger partial charge is 0.325 e. The molecule has 3 aromatic rings. The Bertz CT molecular complexity index is 987. The van der Waals surface area contributed by atoms with Crippen LogP contribution in [0.3, 0.4) is 0 Å². The molecule has 0 aliphatic heterocycles. The summed E-state index contributed by atoms with van der Waals surface area (Å²) < 4.78 is 5.80. The molecule has 3 amide bonds. The van der Waals surface area contributed by atoms with E-state index in [0.29, 0.717) is 39.1 Å². The first-order valence-corrected chi connectivity index (χ1v) is 10.4. The standard InChI is InChI=1S/C18H20N6O3S2/c1-10(2)8-27-13-6-11(3)4-5-12(13)21-16(26)23-17-19-7-14(29-17)15(25)22-18-24-20-9-28-18/h4-7,9-10H,8H2,1-3H3,(H,22,24,25)(H2,19,21,23,26). The molecule has 0 fully saturated rings. The van der Waals surface area contributed by atoms with Crippen molar-refractivity contribution in [1.29, 1.82) is 0 Å². The Balaban J connectivity index is 1.61. The molecule has 2 aromatic heterocycles. The number of aromatic nitrogens is 3. The van der Waals surface area contributed by atoms with Crippen molar-refractivity contribution in [2.24, 2.45) is 5.92 Å². The van der Waals surface area contributed by atoms with Crippen molar-refractivity contribution < 1.29 is 14.3 Å². The molecule has 3 rings (SSSR count). The molecule has 0 aliphatic rings. The maximum atomic E-state index is 12.4. The summed E-state index contributed by atoms with van der Waals surface area (Å²) in [6.07, 6.45) is 1.39. The minimum atomic E-state index is -0.478. The van der Waals surface area contributed by atoms with E-state index in [1.54, 1.807) is 6.07 Å². The molecule has 0 atom stereocenters. The monoisotopic (exact) mass is 432 g/mol. The van der Waals surface area contributed by atoms with E-state index in [2.05, 4.69) is 45.0 Å². The van der Waals surface area contributed by atoms with Gasteiger partial charge in [0.15, 0.2) is 5.13 Å². The lowest BCUT2D eigenvalue weighted by Gasteiger charge is -2.14. The van der Waals surface area contributed by atoms with Crippen LogP contribution < -0.4 is 20.7 Å². The van der Waals surface area contributed by atoms with Gasteiger partial charge in [-0.1, -0.05) is 42.6 Å². The number of hydrogen-bond acceptors (Lipinski definition) is 8. The maximum absolute atomic E-state index is 12.4. The van der Waals surface area contributed by atoms with Crippen LogP contribution in [0.4, 0.5) is 20.7 Å². The van der Waals surface area contributed by atoms with Gasteiger partial charge in [-0.3, -0.25) is 15.4 Å². The van der Waals surface area contributed by atoms with Gasteiger partial charge < -0.3 is 10.1 Å². The molecule has 0 saturated carbocycles. The van der Waals surface area contributed by atoms with Crippen molar-refractivity contribution in [2.45, 2.75) is 20.8 Å². The normalized spacial score (nSPS) is 10.6. The van der Waals surface area contributed by atoms with Crippen LogP contribution in [0.5, 0.6) is 5.75 Å². The van der Waals surface area contributed by atoms with E-state index in [0.717, 1.165) is 16.9 Å². The summed E-state index contributed by atoms with van der Waals surface area (Å²) in [4.78, 5) is 28.9. The zero-order valence-electron chi connectivity index (χ0n) is 16.1. The summed E-state index contributed by atoms with van der Waals surface area (Å²) in [5, 5.41) is 16.1. The van der Waals surface area contributed by atoms with Crippen molar-refractivity contribution in [3.05, 3.63) is 40.3 Å². The maximum Gasteiger partial charge on any atom is 0.325 e. The predicted molar refractivity (Wildman–Crippen MR) is 114 cm³/mol. The number of rotatable bonds is 7. The Labute approximate surface area is 175 Å². The molecular formula is C18H20N6O3S2. The van der Waals surface area contributed by atoms with Gasteiger partial charge in [-0.05, 0) is 30.5 Å². The van der Waals surface area contributed by atoms with E-state index in [4.69, 9.17) is 4.74 Å². The van der Waals surface area contributed by atoms with Gasteiger partial charge in [-0.15, -0.1) is 10.2 Å². The first-order valence-electron chi connectivity index (χ1n) is 8.75. The molecule has 0 bridgehead atoms. The zero-order chi connectivity index (χ0) is 20.8. The Kier molecular flexibility index (Phi) is 6.73. The Morgan fingerprint density at radius 3 is 2.72 bits per heavy atom. The number of aryl methyl sites for hydroxylation is 1. The first-order chi connectivity index (χ1) is 13.9. The fourth-order valence-corrected chi connectivity index (χ4v) is 3.33. The summed E-state index contributed by atoms with van der Waals surface area (Å²) in [6, 6.07) is 5.07. The van der Waals surface area contributed by atoms with E-state index >= 15 is 0 Å². The number of amides is 3. The van der Waals surface area contributed by atoms with E-state index in [1.807, 2.05) is 19.1 Å². The van der Waals surface area contributed by atoms with Gasteiger partial charge in [0.2, 0.25) is 5.13 Å². The number of anilines is 3. The van der Waals surface area contributed by atoms with Crippen LogP contribution in [0.2, 0.25) is 0 Å². The van der Waals surface area contributed by atoms with Crippen LogP contribution in [0, 0.1) is 12.8 Å². The van der Waals surface area contributed by atoms with Gasteiger partial charge >= 0.3 is 6.03 Å². The van der Waals surface area contributed by atoms with Gasteiger partial charge in [0.05, 0.1) is 18.5 Å². The molecular weight excluding hydrogens is 412 g/mol. The summed E-state index contributed by atoms with van der Waals surface area (Å²) >= 11 is 2.26. The minimum absolute atomic E-state index is 0.293. The third kappa shape index (κ3) is 5.96. The molecule has 11 heteroatoms. The van der Waals surface area contributed by atoms with Crippen molar-refractivity contribution in [3.8, 4) is 5.75 Å². The van der Waals surface area contributed by atoms with Crippen LogP contribution in [0.25, 0.3) is 0 Å². The molecule has 0 saturated heterocycles. The zero-order valence-corrected chi connectivity index (χ0v) is 17.7. The number of thiazole rings is 1. The molecule has 0 unspecified atom stereocenters. The van der Waals surface area contributed by atoms with Crippen LogP contribution in [0.15, 0.2) is 29.9 Å². The van der Waals surface area contributed by atoms with Gasteiger partial charge in [0.25, 0.3) is 5.91 Å². The highest BCUT2D eigenvalue weighted by molar-refractivity contribution is 7.18. The Morgan fingerprint density at radius 1 is 1.17 bits per heavy atom. The highest BCUT2D eigenvalue weighted by atomic mass is 32.1. The third-order valence-electron chi connectivity index (χ3n) is 3.49. The third-order valence-corrected chi connectivity index (χ3v) is 5.01. The molecule has 1 aromatic carbocycles. The highest BCUT2D eigenvalue weighted by Crippen LogP contribution is 2.27. The van der Waals surface area contributed by atoms with E-state index < -0.39 is 6.03 Å². The second-order valence-electron chi connectivity index (χ2n) is 6.51. The topological polar surface area (TPSA) is 118 Å². The molecule has 3 N–H and O–H groups in total. The fraction of sp³-hybridized carbons (Fsp3) is 0.278. The van der Waals surface area contributed by atoms with E-state index in [-0.39, 0.29) is 5.91 Å². The second-order valence-corrected chi connectivity index (χ2v) is 8.38.